The van der Waals surface area contributed by atoms with Crippen LogP contribution in [0.1, 0.15) is 19.8 Å². The summed E-state index contributed by atoms with van der Waals surface area (Å²) in [7, 11) is 0. The first-order chi connectivity index (χ1) is 16.5. The third-order valence-corrected chi connectivity index (χ3v) is 6.50. The van der Waals surface area contributed by atoms with Gasteiger partial charge in [-0.2, -0.15) is 0 Å². The van der Waals surface area contributed by atoms with E-state index in [1.165, 1.54) is 0 Å². The number of ether oxygens (including phenoxy) is 1. The average Bonchev–Trinajstić information content (AvgIpc) is 3.33. The lowest BCUT2D eigenvalue weighted by molar-refractivity contribution is 0.0449. The van der Waals surface area contributed by atoms with Crippen LogP contribution in [0.2, 0.25) is 0 Å². The zero-order chi connectivity index (χ0) is 23.1. The van der Waals surface area contributed by atoms with Crippen molar-refractivity contribution in [3.63, 3.8) is 0 Å². The Labute approximate surface area is 198 Å². The van der Waals surface area contributed by atoms with Crippen molar-refractivity contribution >= 4 is 28.5 Å². The molecule has 0 amide bonds. The summed E-state index contributed by atoms with van der Waals surface area (Å²) >= 11 is 0. The van der Waals surface area contributed by atoms with Crippen molar-refractivity contribution in [1.82, 2.24) is 14.4 Å². The molecule has 1 fully saturated rings. The molecule has 0 radical (unpaired) electrons. The Bertz CT molecular complexity index is 1330. The van der Waals surface area contributed by atoms with Crippen molar-refractivity contribution in [2.75, 3.05) is 41.8 Å². The van der Waals surface area contributed by atoms with Crippen LogP contribution in [0.25, 0.3) is 16.9 Å². The summed E-state index contributed by atoms with van der Waals surface area (Å²) in [4.78, 5) is 11.6. The van der Waals surface area contributed by atoms with Crippen molar-refractivity contribution in [3.8, 4) is 17.0 Å². The van der Waals surface area contributed by atoms with Gasteiger partial charge >= 0.3 is 0 Å². The van der Waals surface area contributed by atoms with E-state index in [1.54, 1.807) is 6.20 Å². The van der Waals surface area contributed by atoms with Crippen LogP contribution in [0.3, 0.4) is 0 Å². The maximum atomic E-state index is 10.4. The van der Waals surface area contributed by atoms with E-state index in [1.807, 2.05) is 48.0 Å². The fraction of sp³-hybridized carbons (Fsp3) is 0.308. The molecular weight excluding hydrogens is 428 g/mol. The Kier molecular flexibility index (Phi) is 5.03. The first-order valence-corrected chi connectivity index (χ1v) is 11.7. The highest BCUT2D eigenvalue weighted by molar-refractivity contribution is 5.76. The minimum atomic E-state index is -0.635. The van der Waals surface area contributed by atoms with Gasteiger partial charge in [0.25, 0.3) is 0 Å². The van der Waals surface area contributed by atoms with Gasteiger partial charge in [-0.1, -0.05) is 6.07 Å². The second-order valence-electron chi connectivity index (χ2n) is 9.31. The first-order valence-electron chi connectivity index (χ1n) is 11.7. The van der Waals surface area contributed by atoms with Gasteiger partial charge in [0.1, 0.15) is 12.4 Å². The molecule has 0 bridgehead atoms. The van der Waals surface area contributed by atoms with E-state index >= 15 is 0 Å². The van der Waals surface area contributed by atoms with E-state index in [2.05, 4.69) is 38.7 Å². The number of nitrogens with zero attached hydrogens (tertiary/aromatic N) is 4. The van der Waals surface area contributed by atoms with Crippen molar-refractivity contribution in [2.45, 2.75) is 25.4 Å². The minimum absolute atomic E-state index is 0.635. The summed E-state index contributed by atoms with van der Waals surface area (Å²) in [5.41, 5.74) is 4.98. The summed E-state index contributed by atoms with van der Waals surface area (Å²) in [6.07, 6.45) is 7.52. The molecule has 1 atom stereocenters. The zero-order valence-corrected chi connectivity index (χ0v) is 19.2. The molecule has 174 valence electrons. The molecule has 0 saturated carbocycles. The van der Waals surface area contributed by atoms with E-state index in [9.17, 15) is 5.11 Å². The number of fused-ring (bicyclic) bond motifs is 2. The largest absolute Gasteiger partial charge is 0.490 e. The fourth-order valence-electron chi connectivity index (χ4n) is 4.78. The number of hydrogen-bond acceptors (Lipinski definition) is 7. The Morgan fingerprint density at radius 1 is 1.18 bits per heavy atom. The summed E-state index contributed by atoms with van der Waals surface area (Å²) in [6, 6.07) is 14.4. The highest BCUT2D eigenvalue weighted by Crippen LogP contribution is 2.33. The van der Waals surface area contributed by atoms with Crippen molar-refractivity contribution in [1.29, 1.82) is 0 Å². The van der Waals surface area contributed by atoms with E-state index < -0.39 is 5.60 Å². The molecule has 4 heterocycles. The fourth-order valence-corrected chi connectivity index (χ4v) is 4.78. The number of aliphatic hydroxyl groups is 1. The van der Waals surface area contributed by atoms with Crippen LogP contribution in [0.5, 0.6) is 5.75 Å². The van der Waals surface area contributed by atoms with E-state index in [0.717, 1.165) is 65.6 Å². The molecule has 6 rings (SSSR count). The van der Waals surface area contributed by atoms with Gasteiger partial charge in [-0.05, 0) is 56.2 Å². The molecule has 3 N–H and O–H groups in total. The maximum absolute atomic E-state index is 10.4. The monoisotopic (exact) mass is 456 g/mol. The number of piperidine rings is 1. The number of benzene rings is 2. The molecule has 34 heavy (non-hydrogen) atoms. The first kappa shape index (κ1) is 20.8. The molecule has 1 unspecified atom stereocenters. The molecule has 4 aromatic rings. The van der Waals surface area contributed by atoms with Gasteiger partial charge in [-0.15, -0.1) is 0 Å². The number of anilines is 4. The van der Waals surface area contributed by atoms with Crippen LogP contribution >= 0.6 is 0 Å². The summed E-state index contributed by atoms with van der Waals surface area (Å²) in [5, 5.41) is 17.2. The van der Waals surface area contributed by atoms with Crippen LogP contribution < -0.4 is 20.3 Å². The highest BCUT2D eigenvalue weighted by Gasteiger charge is 2.28. The zero-order valence-electron chi connectivity index (χ0n) is 19.2. The van der Waals surface area contributed by atoms with Gasteiger partial charge < -0.3 is 29.8 Å². The summed E-state index contributed by atoms with van der Waals surface area (Å²) in [5.74, 6) is 1.53. The third-order valence-electron chi connectivity index (χ3n) is 6.50. The molecule has 0 aliphatic carbocycles. The smallest absolute Gasteiger partial charge is 0.180 e. The van der Waals surface area contributed by atoms with Crippen LogP contribution in [-0.4, -0.2) is 51.3 Å². The topological polar surface area (TPSA) is 87.0 Å². The highest BCUT2D eigenvalue weighted by atomic mass is 16.5. The number of β-amino-alcohol motifs (C(OH)–C–C–N with tert-alkyl or cyclic N) is 1. The van der Waals surface area contributed by atoms with Gasteiger partial charge in [-0.25, -0.2) is 9.97 Å². The molecular formula is C26H28N6O2. The van der Waals surface area contributed by atoms with Crippen molar-refractivity contribution in [3.05, 3.63) is 61.1 Å². The van der Waals surface area contributed by atoms with Crippen molar-refractivity contribution < 1.29 is 9.84 Å². The van der Waals surface area contributed by atoms with Crippen LogP contribution in [0, 0.1) is 0 Å². The predicted octanol–water partition coefficient (Wildman–Crippen LogP) is 4.30. The molecule has 2 aromatic carbocycles. The minimum Gasteiger partial charge on any atom is -0.490 e. The van der Waals surface area contributed by atoms with Gasteiger partial charge in [0.2, 0.25) is 0 Å². The average molecular weight is 457 g/mol. The second-order valence-corrected chi connectivity index (χ2v) is 9.31. The Morgan fingerprint density at radius 3 is 2.91 bits per heavy atom. The lowest BCUT2D eigenvalue weighted by Gasteiger charge is -2.38. The Morgan fingerprint density at radius 2 is 2.06 bits per heavy atom. The summed E-state index contributed by atoms with van der Waals surface area (Å²) in [6.45, 7) is 4.99. The number of aromatic nitrogens is 3. The molecule has 8 nitrogen and oxygen atoms in total. The molecule has 1 saturated heterocycles. The standard InChI is InChI=1S/C26H28N6O2/c1-26(33)9-2-12-32(17-26)20-6-4-19(5-7-20)29-24-25-28-10-13-31(25)16-22(30-24)18-3-8-21-23(15-18)34-14-11-27-21/h3-8,10,13,15-16,27,33H,2,9,11-12,14,17H2,1H3,(H,29,30). The summed E-state index contributed by atoms with van der Waals surface area (Å²) < 4.78 is 7.79. The van der Waals surface area contributed by atoms with E-state index in [0.29, 0.717) is 19.0 Å². The quantitative estimate of drug-likeness (QED) is 0.422. The van der Waals surface area contributed by atoms with Gasteiger partial charge in [0.05, 0.1) is 17.0 Å². The lowest BCUT2D eigenvalue weighted by Crippen LogP contribution is -2.46. The Balaban J connectivity index is 1.29. The molecule has 2 aromatic heterocycles. The number of nitrogens with one attached hydrogen (secondary N) is 2. The van der Waals surface area contributed by atoms with E-state index in [-0.39, 0.29) is 0 Å². The SMILES string of the molecule is CC1(O)CCCN(c2ccc(Nc3nc(-c4ccc5c(c4)OCCN5)cn4ccnc34)cc2)C1. The maximum Gasteiger partial charge on any atom is 0.180 e. The second kappa shape index (κ2) is 8.22. The lowest BCUT2D eigenvalue weighted by atomic mass is 9.95. The number of imidazole rings is 1. The van der Waals surface area contributed by atoms with Crippen LogP contribution in [-0.2, 0) is 0 Å². The Hall–Kier alpha value is -3.78. The predicted molar refractivity (Wildman–Crippen MR) is 134 cm³/mol. The molecule has 0 spiro atoms. The van der Waals surface area contributed by atoms with E-state index in [4.69, 9.17) is 9.72 Å². The van der Waals surface area contributed by atoms with Crippen molar-refractivity contribution in [2.24, 2.45) is 0 Å². The van der Waals surface area contributed by atoms with Crippen LogP contribution in [0.15, 0.2) is 61.1 Å². The number of hydrogen-bond donors (Lipinski definition) is 3. The van der Waals surface area contributed by atoms with Gasteiger partial charge in [0, 0.05) is 55.2 Å². The normalized spacial score (nSPS) is 19.9. The third kappa shape index (κ3) is 4.01. The van der Waals surface area contributed by atoms with Gasteiger partial charge in [-0.3, -0.25) is 0 Å². The molecule has 2 aliphatic heterocycles. The molecule has 8 heteroatoms. The number of rotatable bonds is 4. The van der Waals surface area contributed by atoms with Crippen LogP contribution in [0.4, 0.5) is 22.9 Å². The van der Waals surface area contributed by atoms with Gasteiger partial charge in [0.15, 0.2) is 11.5 Å². The molecule has 2 aliphatic rings.